The van der Waals surface area contributed by atoms with Gasteiger partial charge in [0, 0.05) is 12.6 Å². The molecule has 6 heteroatoms. The second-order valence-electron chi connectivity index (χ2n) is 5.06. The average Bonchev–Trinajstić information content (AvgIpc) is 2.37. The van der Waals surface area contributed by atoms with Gasteiger partial charge in [0.1, 0.15) is 0 Å². The van der Waals surface area contributed by atoms with Crippen molar-refractivity contribution in [3.63, 3.8) is 0 Å². The van der Waals surface area contributed by atoms with Crippen LogP contribution in [0.3, 0.4) is 0 Å². The summed E-state index contributed by atoms with van der Waals surface area (Å²) in [5.74, 6) is -0.182. The van der Waals surface area contributed by atoms with Gasteiger partial charge in [-0.3, -0.25) is 0 Å². The van der Waals surface area contributed by atoms with E-state index in [1.54, 1.807) is 12.1 Å². The first-order chi connectivity index (χ1) is 9.46. The van der Waals surface area contributed by atoms with Crippen molar-refractivity contribution in [3.05, 3.63) is 24.3 Å². The lowest BCUT2D eigenvalue weighted by atomic mass is 10.0. The SMILES string of the molecule is CN1CCCCC1CNc1ccccc1OC(F)(F)F. The normalized spacial score (nSPS) is 20.7. The van der Waals surface area contributed by atoms with Gasteiger partial charge in [0.15, 0.2) is 5.75 Å². The number of anilines is 1. The van der Waals surface area contributed by atoms with Crippen molar-refractivity contribution in [1.82, 2.24) is 4.90 Å². The molecule has 1 aliphatic heterocycles. The maximum atomic E-state index is 12.3. The highest BCUT2D eigenvalue weighted by atomic mass is 19.4. The van der Waals surface area contributed by atoms with E-state index in [2.05, 4.69) is 15.0 Å². The summed E-state index contributed by atoms with van der Waals surface area (Å²) in [6.07, 6.45) is -1.26. The van der Waals surface area contributed by atoms with Gasteiger partial charge in [-0.1, -0.05) is 18.6 Å². The Morgan fingerprint density at radius 1 is 1.30 bits per heavy atom. The molecule has 0 saturated carbocycles. The van der Waals surface area contributed by atoms with Crippen molar-refractivity contribution in [2.45, 2.75) is 31.7 Å². The molecule has 1 unspecified atom stereocenters. The minimum absolute atomic E-state index is 0.182. The molecule has 112 valence electrons. The molecule has 1 aromatic carbocycles. The number of rotatable bonds is 4. The number of ether oxygens (including phenoxy) is 1. The summed E-state index contributed by atoms with van der Waals surface area (Å²) >= 11 is 0. The number of piperidine rings is 1. The first kappa shape index (κ1) is 15.0. The molecule has 0 aliphatic carbocycles. The third kappa shape index (κ3) is 4.30. The molecule has 0 spiro atoms. The van der Waals surface area contributed by atoms with Gasteiger partial charge in [-0.05, 0) is 38.6 Å². The quantitative estimate of drug-likeness (QED) is 0.918. The predicted molar refractivity (Wildman–Crippen MR) is 71.9 cm³/mol. The second kappa shape index (κ2) is 6.35. The molecule has 0 radical (unpaired) electrons. The van der Waals surface area contributed by atoms with Crippen molar-refractivity contribution >= 4 is 5.69 Å². The van der Waals surface area contributed by atoms with E-state index in [0.717, 1.165) is 19.4 Å². The molecule has 1 fully saturated rings. The molecule has 0 bridgehead atoms. The highest BCUT2D eigenvalue weighted by Gasteiger charge is 2.32. The van der Waals surface area contributed by atoms with Gasteiger partial charge >= 0.3 is 6.36 Å². The fourth-order valence-corrected chi connectivity index (χ4v) is 2.46. The third-order valence-corrected chi connectivity index (χ3v) is 3.56. The summed E-state index contributed by atoms with van der Waals surface area (Å²) in [6, 6.07) is 6.49. The highest BCUT2D eigenvalue weighted by Crippen LogP contribution is 2.30. The summed E-state index contributed by atoms with van der Waals surface area (Å²) in [6.45, 7) is 1.65. The largest absolute Gasteiger partial charge is 0.573 e. The van der Waals surface area contributed by atoms with E-state index in [0.29, 0.717) is 18.3 Å². The molecule has 0 amide bonds. The van der Waals surface area contributed by atoms with E-state index >= 15 is 0 Å². The summed E-state index contributed by atoms with van der Waals surface area (Å²) < 4.78 is 41.0. The zero-order valence-electron chi connectivity index (χ0n) is 11.4. The summed E-state index contributed by atoms with van der Waals surface area (Å²) in [4.78, 5) is 2.24. The van der Waals surface area contributed by atoms with Crippen LogP contribution in [0, 0.1) is 0 Å². The fraction of sp³-hybridized carbons (Fsp3) is 0.571. The fourth-order valence-electron chi connectivity index (χ4n) is 2.46. The number of nitrogens with zero attached hydrogens (tertiary/aromatic N) is 1. The maximum Gasteiger partial charge on any atom is 0.573 e. The van der Waals surface area contributed by atoms with Gasteiger partial charge in [0.05, 0.1) is 5.69 Å². The Kier molecular flexibility index (Phi) is 4.75. The molecule has 1 N–H and O–H groups in total. The summed E-state index contributed by atoms with van der Waals surface area (Å²) in [5, 5.41) is 3.07. The molecular weight excluding hydrogens is 269 g/mol. The molecule has 1 aliphatic rings. The lowest BCUT2D eigenvalue weighted by Crippen LogP contribution is -2.40. The zero-order chi connectivity index (χ0) is 14.6. The van der Waals surface area contributed by atoms with Gasteiger partial charge in [0.25, 0.3) is 0 Å². The van der Waals surface area contributed by atoms with E-state index < -0.39 is 6.36 Å². The Labute approximate surface area is 116 Å². The van der Waals surface area contributed by atoms with Crippen LogP contribution in [-0.2, 0) is 0 Å². The number of alkyl halides is 3. The van der Waals surface area contributed by atoms with Crippen LogP contribution in [0.25, 0.3) is 0 Å². The molecule has 2 rings (SSSR count). The molecule has 1 atom stereocenters. The minimum atomic E-state index is -4.67. The van der Waals surface area contributed by atoms with Crippen molar-refractivity contribution < 1.29 is 17.9 Å². The van der Waals surface area contributed by atoms with Crippen molar-refractivity contribution in [2.75, 3.05) is 25.5 Å². The van der Waals surface area contributed by atoms with Gasteiger partial charge < -0.3 is 15.0 Å². The average molecular weight is 288 g/mol. The summed E-state index contributed by atoms with van der Waals surface area (Å²) in [5.41, 5.74) is 0.379. The number of para-hydroxylation sites is 2. The number of hydrogen-bond donors (Lipinski definition) is 1. The van der Waals surface area contributed by atoms with Crippen LogP contribution in [0.5, 0.6) is 5.75 Å². The van der Waals surface area contributed by atoms with E-state index in [4.69, 9.17) is 0 Å². The van der Waals surface area contributed by atoms with E-state index in [9.17, 15) is 13.2 Å². The number of benzene rings is 1. The first-order valence-corrected chi connectivity index (χ1v) is 6.74. The number of likely N-dealkylation sites (tertiary alicyclic amines) is 1. The Morgan fingerprint density at radius 2 is 2.05 bits per heavy atom. The lowest BCUT2D eigenvalue weighted by Gasteiger charge is -2.32. The minimum Gasteiger partial charge on any atom is -0.404 e. The van der Waals surface area contributed by atoms with Crippen LogP contribution in [0.2, 0.25) is 0 Å². The van der Waals surface area contributed by atoms with Crippen molar-refractivity contribution in [1.29, 1.82) is 0 Å². The third-order valence-electron chi connectivity index (χ3n) is 3.56. The highest BCUT2D eigenvalue weighted by molar-refractivity contribution is 5.56. The molecule has 20 heavy (non-hydrogen) atoms. The first-order valence-electron chi connectivity index (χ1n) is 6.74. The number of halogens is 3. The van der Waals surface area contributed by atoms with Crippen molar-refractivity contribution in [2.24, 2.45) is 0 Å². The topological polar surface area (TPSA) is 24.5 Å². The molecule has 0 aromatic heterocycles. The van der Waals surface area contributed by atoms with Gasteiger partial charge in [-0.15, -0.1) is 13.2 Å². The Morgan fingerprint density at radius 3 is 2.75 bits per heavy atom. The predicted octanol–water partition coefficient (Wildman–Crippen LogP) is 3.48. The maximum absolute atomic E-state index is 12.3. The molecule has 1 saturated heterocycles. The number of nitrogens with one attached hydrogen (secondary N) is 1. The zero-order valence-corrected chi connectivity index (χ0v) is 11.4. The van der Waals surface area contributed by atoms with Crippen LogP contribution in [0.4, 0.5) is 18.9 Å². The van der Waals surface area contributed by atoms with Crippen LogP contribution in [0.1, 0.15) is 19.3 Å². The summed E-state index contributed by atoms with van der Waals surface area (Å²) in [7, 11) is 2.05. The van der Waals surface area contributed by atoms with Gasteiger partial charge in [0.2, 0.25) is 0 Å². The Balaban J connectivity index is 1.98. The van der Waals surface area contributed by atoms with Crippen LogP contribution in [0.15, 0.2) is 24.3 Å². The Hall–Kier alpha value is -1.43. The number of likely N-dealkylation sites (N-methyl/N-ethyl adjacent to an activating group) is 1. The van der Waals surface area contributed by atoms with E-state index in [1.807, 2.05) is 7.05 Å². The Bertz CT molecular complexity index is 437. The smallest absolute Gasteiger partial charge is 0.404 e. The number of hydrogen-bond acceptors (Lipinski definition) is 3. The van der Waals surface area contributed by atoms with Crippen LogP contribution >= 0.6 is 0 Å². The molecule has 1 aromatic rings. The second-order valence-corrected chi connectivity index (χ2v) is 5.06. The molecule has 1 heterocycles. The van der Waals surface area contributed by atoms with Gasteiger partial charge in [-0.25, -0.2) is 0 Å². The monoisotopic (exact) mass is 288 g/mol. The lowest BCUT2D eigenvalue weighted by molar-refractivity contribution is -0.274. The standard InChI is InChI=1S/C14H19F3N2O/c1-19-9-5-4-6-11(19)10-18-12-7-2-3-8-13(12)20-14(15,16)17/h2-3,7-8,11,18H,4-6,9-10H2,1H3. The molecular formula is C14H19F3N2O. The van der Waals surface area contributed by atoms with Crippen molar-refractivity contribution in [3.8, 4) is 5.75 Å². The van der Waals surface area contributed by atoms with E-state index in [-0.39, 0.29) is 5.75 Å². The van der Waals surface area contributed by atoms with Gasteiger partial charge in [-0.2, -0.15) is 0 Å². The van der Waals surface area contributed by atoms with E-state index in [1.165, 1.54) is 18.6 Å². The van der Waals surface area contributed by atoms with Crippen LogP contribution < -0.4 is 10.1 Å². The molecule has 3 nitrogen and oxygen atoms in total. The van der Waals surface area contributed by atoms with Crippen LogP contribution in [-0.4, -0.2) is 37.4 Å².